The van der Waals surface area contributed by atoms with Crippen LogP contribution in [-0.2, 0) is 23.2 Å². The van der Waals surface area contributed by atoms with Gasteiger partial charge in [-0.3, -0.25) is 14.3 Å². The van der Waals surface area contributed by atoms with Crippen molar-refractivity contribution in [1.82, 2.24) is 20.0 Å². The second kappa shape index (κ2) is 5.87. The number of carbonyl (C=O) groups is 2. The lowest BCUT2D eigenvalue weighted by Crippen LogP contribution is -2.69. The van der Waals surface area contributed by atoms with Gasteiger partial charge in [0.15, 0.2) is 0 Å². The molecule has 0 aromatic carbocycles. The fourth-order valence-corrected chi connectivity index (χ4v) is 3.04. The van der Waals surface area contributed by atoms with E-state index in [9.17, 15) is 9.59 Å². The monoisotopic (exact) mass is 292 g/mol. The smallest absolute Gasteiger partial charge is 0.246 e. The second-order valence-electron chi connectivity index (χ2n) is 5.58. The van der Waals surface area contributed by atoms with Crippen molar-refractivity contribution < 1.29 is 9.59 Å². The quantitative estimate of drug-likeness (QED) is 0.887. The summed E-state index contributed by atoms with van der Waals surface area (Å²) in [6.45, 7) is 6.19. The van der Waals surface area contributed by atoms with Gasteiger partial charge in [0.1, 0.15) is 11.6 Å². The zero-order chi connectivity index (χ0) is 15.6. The van der Waals surface area contributed by atoms with Crippen molar-refractivity contribution in [1.29, 1.82) is 0 Å². The molecule has 1 fully saturated rings. The molecule has 0 bridgehead atoms. The Hall–Kier alpha value is -1.85. The molecule has 1 aromatic rings. The predicted octanol–water partition coefficient (Wildman–Crippen LogP) is 1.22. The maximum absolute atomic E-state index is 12.7. The van der Waals surface area contributed by atoms with Crippen molar-refractivity contribution in [3.8, 4) is 0 Å². The molecule has 1 aliphatic rings. The Bertz CT molecular complexity index is 534. The van der Waals surface area contributed by atoms with Crippen LogP contribution in [0.3, 0.4) is 0 Å². The van der Waals surface area contributed by atoms with Gasteiger partial charge in [-0.2, -0.15) is 5.10 Å². The Morgan fingerprint density at radius 3 is 2.43 bits per heavy atom. The highest BCUT2D eigenvalue weighted by molar-refractivity contribution is 5.99. The first-order valence-corrected chi connectivity index (χ1v) is 7.59. The predicted molar refractivity (Wildman–Crippen MR) is 79.3 cm³/mol. The zero-order valence-corrected chi connectivity index (χ0v) is 13.2. The van der Waals surface area contributed by atoms with Gasteiger partial charge in [-0.05, 0) is 25.3 Å². The molecular formula is C15H24N4O2. The van der Waals surface area contributed by atoms with E-state index in [4.69, 9.17) is 0 Å². The summed E-state index contributed by atoms with van der Waals surface area (Å²) in [5, 5.41) is 7.21. The van der Waals surface area contributed by atoms with E-state index < -0.39 is 11.6 Å². The van der Waals surface area contributed by atoms with Crippen molar-refractivity contribution in [2.75, 3.05) is 0 Å². The lowest BCUT2D eigenvalue weighted by molar-refractivity contribution is -0.159. The van der Waals surface area contributed by atoms with Crippen LogP contribution in [0.15, 0.2) is 12.3 Å². The number of nitrogens with zero attached hydrogens (tertiary/aromatic N) is 3. The van der Waals surface area contributed by atoms with Crippen LogP contribution in [-0.4, -0.2) is 38.1 Å². The molecule has 2 amide bonds. The molecule has 21 heavy (non-hydrogen) atoms. The lowest BCUT2D eigenvalue weighted by atomic mass is 9.85. The Labute approximate surface area is 125 Å². The topological polar surface area (TPSA) is 67.2 Å². The SMILES string of the molecule is CCC1NC(=O)C(CC)(CC)N(Cc2ccn(C)n2)C1=O. The number of aryl methyl sites for hydroxylation is 1. The molecule has 1 N–H and O–H groups in total. The number of rotatable bonds is 5. The zero-order valence-electron chi connectivity index (χ0n) is 13.2. The minimum absolute atomic E-state index is 0.00791. The third-order valence-corrected chi connectivity index (χ3v) is 4.48. The molecule has 1 aliphatic heterocycles. The van der Waals surface area contributed by atoms with Crippen molar-refractivity contribution >= 4 is 11.8 Å². The molecule has 1 saturated heterocycles. The van der Waals surface area contributed by atoms with Gasteiger partial charge in [-0.15, -0.1) is 0 Å². The summed E-state index contributed by atoms with van der Waals surface area (Å²) in [6.07, 6.45) is 3.65. The summed E-state index contributed by atoms with van der Waals surface area (Å²) < 4.78 is 1.71. The first-order chi connectivity index (χ1) is 9.98. The fourth-order valence-electron chi connectivity index (χ4n) is 3.04. The molecular weight excluding hydrogens is 268 g/mol. The van der Waals surface area contributed by atoms with E-state index in [0.29, 0.717) is 25.8 Å². The molecule has 0 radical (unpaired) electrons. The van der Waals surface area contributed by atoms with Crippen LogP contribution in [0.25, 0.3) is 0 Å². The molecule has 1 atom stereocenters. The second-order valence-corrected chi connectivity index (χ2v) is 5.58. The number of carbonyl (C=O) groups excluding carboxylic acids is 2. The van der Waals surface area contributed by atoms with Crippen LogP contribution in [0.5, 0.6) is 0 Å². The molecule has 116 valence electrons. The van der Waals surface area contributed by atoms with Crippen LogP contribution in [0, 0.1) is 0 Å². The highest BCUT2D eigenvalue weighted by Crippen LogP contribution is 2.30. The summed E-state index contributed by atoms with van der Waals surface area (Å²) in [5.74, 6) is -0.0543. The van der Waals surface area contributed by atoms with Gasteiger partial charge in [0, 0.05) is 13.2 Å². The summed E-state index contributed by atoms with van der Waals surface area (Å²) in [7, 11) is 1.84. The Morgan fingerprint density at radius 1 is 1.29 bits per heavy atom. The van der Waals surface area contributed by atoms with E-state index in [1.165, 1.54) is 0 Å². The van der Waals surface area contributed by atoms with Crippen LogP contribution < -0.4 is 5.32 Å². The third kappa shape index (κ3) is 2.54. The molecule has 6 nitrogen and oxygen atoms in total. The van der Waals surface area contributed by atoms with Crippen LogP contribution in [0.1, 0.15) is 45.7 Å². The molecule has 0 spiro atoms. The minimum Gasteiger partial charge on any atom is -0.342 e. The van der Waals surface area contributed by atoms with Crippen molar-refractivity contribution in [3.63, 3.8) is 0 Å². The number of hydrogen-bond acceptors (Lipinski definition) is 3. The number of hydrogen-bond donors (Lipinski definition) is 1. The van der Waals surface area contributed by atoms with Crippen LogP contribution >= 0.6 is 0 Å². The van der Waals surface area contributed by atoms with Gasteiger partial charge >= 0.3 is 0 Å². The summed E-state index contributed by atoms with van der Waals surface area (Å²) in [6, 6.07) is 1.46. The van der Waals surface area contributed by atoms with Gasteiger partial charge in [-0.1, -0.05) is 20.8 Å². The Morgan fingerprint density at radius 2 is 1.95 bits per heavy atom. The van der Waals surface area contributed by atoms with Gasteiger partial charge in [0.2, 0.25) is 11.8 Å². The van der Waals surface area contributed by atoms with E-state index in [1.807, 2.05) is 40.1 Å². The molecule has 0 saturated carbocycles. The number of piperazine rings is 1. The highest BCUT2D eigenvalue weighted by Gasteiger charge is 2.49. The van der Waals surface area contributed by atoms with Crippen LogP contribution in [0.2, 0.25) is 0 Å². The largest absolute Gasteiger partial charge is 0.342 e. The average molecular weight is 292 g/mol. The molecule has 2 rings (SSSR count). The number of amides is 2. The normalized spacial score (nSPS) is 21.5. The van der Waals surface area contributed by atoms with E-state index in [-0.39, 0.29) is 11.8 Å². The average Bonchev–Trinajstić information content (AvgIpc) is 2.89. The summed E-state index contributed by atoms with van der Waals surface area (Å²) in [5.41, 5.74) is 0.0435. The van der Waals surface area contributed by atoms with E-state index in [1.54, 1.807) is 9.58 Å². The first kappa shape index (κ1) is 15.5. The first-order valence-electron chi connectivity index (χ1n) is 7.59. The molecule has 6 heteroatoms. The van der Waals surface area contributed by atoms with Crippen LogP contribution in [0.4, 0.5) is 0 Å². The molecule has 1 aromatic heterocycles. The third-order valence-electron chi connectivity index (χ3n) is 4.48. The summed E-state index contributed by atoms with van der Waals surface area (Å²) in [4.78, 5) is 27.0. The van der Waals surface area contributed by atoms with E-state index in [2.05, 4.69) is 10.4 Å². The minimum atomic E-state index is -0.764. The van der Waals surface area contributed by atoms with Crippen molar-refractivity contribution in [2.24, 2.45) is 7.05 Å². The van der Waals surface area contributed by atoms with Crippen molar-refractivity contribution in [3.05, 3.63) is 18.0 Å². The van der Waals surface area contributed by atoms with Crippen molar-refractivity contribution in [2.45, 2.75) is 58.2 Å². The van der Waals surface area contributed by atoms with E-state index >= 15 is 0 Å². The number of aromatic nitrogens is 2. The lowest BCUT2D eigenvalue weighted by Gasteiger charge is -2.47. The maximum Gasteiger partial charge on any atom is 0.246 e. The van der Waals surface area contributed by atoms with E-state index in [0.717, 1.165) is 5.69 Å². The molecule has 0 aliphatic carbocycles. The van der Waals surface area contributed by atoms with Gasteiger partial charge in [0.05, 0.1) is 12.2 Å². The molecule has 1 unspecified atom stereocenters. The Balaban J connectivity index is 2.37. The Kier molecular flexibility index (Phi) is 4.34. The van der Waals surface area contributed by atoms with Gasteiger partial charge in [-0.25, -0.2) is 0 Å². The number of nitrogens with one attached hydrogen (secondary N) is 1. The maximum atomic E-state index is 12.7. The summed E-state index contributed by atoms with van der Waals surface area (Å²) >= 11 is 0. The van der Waals surface area contributed by atoms with Gasteiger partial charge < -0.3 is 10.2 Å². The molecule has 2 heterocycles. The highest BCUT2D eigenvalue weighted by atomic mass is 16.2. The standard InChI is InChI=1S/C15H24N4O2/c1-5-12-13(20)19(10-11-8-9-18(4)17-11)15(6-2,7-3)14(21)16-12/h8-9,12H,5-7,10H2,1-4H3,(H,16,21). The van der Waals surface area contributed by atoms with Gasteiger partial charge in [0.25, 0.3) is 0 Å². The fraction of sp³-hybridized carbons (Fsp3) is 0.667.